The number of benzene rings is 1. The zero-order valence-corrected chi connectivity index (χ0v) is 14.4. The van der Waals surface area contributed by atoms with Crippen LogP contribution in [0.15, 0.2) is 17.0 Å². The summed E-state index contributed by atoms with van der Waals surface area (Å²) < 4.78 is 28.2. The van der Waals surface area contributed by atoms with Gasteiger partial charge in [-0.1, -0.05) is 12.5 Å². The van der Waals surface area contributed by atoms with Gasteiger partial charge in [0.15, 0.2) is 0 Å². The van der Waals surface area contributed by atoms with E-state index in [1.165, 1.54) is 0 Å². The number of aryl methyl sites for hydroxylation is 1. The highest BCUT2D eigenvalue weighted by molar-refractivity contribution is 7.99. The first-order chi connectivity index (χ1) is 9.89. The molecule has 0 amide bonds. The Kier molecular flexibility index (Phi) is 5.35. The van der Waals surface area contributed by atoms with Crippen LogP contribution in [-0.4, -0.2) is 31.1 Å². The van der Waals surface area contributed by atoms with Gasteiger partial charge in [-0.25, -0.2) is 13.1 Å². The number of aliphatic hydroxyl groups excluding tert-OH is 1. The van der Waals surface area contributed by atoms with Crippen molar-refractivity contribution in [1.29, 1.82) is 0 Å². The first kappa shape index (κ1) is 16.8. The fourth-order valence-electron chi connectivity index (χ4n) is 2.88. The molecule has 2 atom stereocenters. The van der Waals surface area contributed by atoms with E-state index in [2.05, 4.69) is 4.72 Å². The lowest BCUT2D eigenvalue weighted by molar-refractivity contribution is 0.281. The molecule has 0 aromatic heterocycles. The first-order valence-corrected chi connectivity index (χ1v) is 9.92. The van der Waals surface area contributed by atoms with Crippen molar-refractivity contribution in [3.63, 3.8) is 0 Å². The summed E-state index contributed by atoms with van der Waals surface area (Å²) >= 11 is 1.72. The van der Waals surface area contributed by atoms with Gasteiger partial charge in [-0.2, -0.15) is 11.8 Å². The van der Waals surface area contributed by atoms with E-state index in [0.29, 0.717) is 15.7 Å². The maximum Gasteiger partial charge on any atom is 0.241 e. The van der Waals surface area contributed by atoms with Crippen LogP contribution < -0.4 is 4.72 Å². The van der Waals surface area contributed by atoms with Gasteiger partial charge in [0.05, 0.1) is 11.5 Å². The molecule has 0 aliphatic heterocycles. The molecule has 4 nitrogen and oxygen atoms in total. The van der Waals surface area contributed by atoms with Crippen LogP contribution in [0.25, 0.3) is 0 Å². The number of sulfonamides is 1. The van der Waals surface area contributed by atoms with Gasteiger partial charge in [-0.05, 0) is 55.7 Å². The van der Waals surface area contributed by atoms with Gasteiger partial charge in [0.25, 0.3) is 0 Å². The molecule has 0 heterocycles. The van der Waals surface area contributed by atoms with Crippen molar-refractivity contribution in [2.24, 2.45) is 0 Å². The van der Waals surface area contributed by atoms with E-state index in [-0.39, 0.29) is 12.6 Å². The largest absolute Gasteiger partial charge is 0.392 e. The lowest BCUT2D eigenvalue weighted by atomic mass is 10.1. The minimum Gasteiger partial charge on any atom is -0.392 e. The second-order valence-electron chi connectivity index (χ2n) is 5.63. The first-order valence-electron chi connectivity index (χ1n) is 7.15. The second-order valence-corrected chi connectivity index (χ2v) is 8.39. The Morgan fingerprint density at radius 1 is 1.33 bits per heavy atom. The number of hydrogen-bond donors (Lipinski definition) is 2. The molecule has 0 saturated heterocycles. The van der Waals surface area contributed by atoms with Crippen LogP contribution in [0.5, 0.6) is 0 Å². The molecule has 0 spiro atoms. The molecule has 2 N–H and O–H groups in total. The highest BCUT2D eigenvalue weighted by Crippen LogP contribution is 2.30. The third-order valence-electron chi connectivity index (χ3n) is 4.21. The molecule has 118 valence electrons. The standard InChI is InChI=1S/C15H23NO3S2/c1-10-7-12(9-17)8-15(11(10)2)21(18,19)16-13-5-4-6-14(13)20-3/h7-8,13-14,16-17H,4-6,9H2,1-3H3. The van der Waals surface area contributed by atoms with E-state index < -0.39 is 10.0 Å². The third-order valence-corrected chi connectivity index (χ3v) is 7.00. The fraction of sp³-hybridized carbons (Fsp3) is 0.600. The Hall–Kier alpha value is -0.560. The van der Waals surface area contributed by atoms with Crippen molar-refractivity contribution in [2.75, 3.05) is 6.26 Å². The number of thioether (sulfide) groups is 1. The average molecular weight is 329 g/mol. The van der Waals surface area contributed by atoms with Crippen LogP contribution in [0.4, 0.5) is 0 Å². The van der Waals surface area contributed by atoms with Crippen LogP contribution in [0.3, 0.4) is 0 Å². The quantitative estimate of drug-likeness (QED) is 0.870. The Morgan fingerprint density at radius 2 is 2.05 bits per heavy atom. The molecule has 1 saturated carbocycles. The van der Waals surface area contributed by atoms with Crippen molar-refractivity contribution >= 4 is 21.8 Å². The van der Waals surface area contributed by atoms with Gasteiger partial charge >= 0.3 is 0 Å². The van der Waals surface area contributed by atoms with E-state index in [4.69, 9.17) is 0 Å². The van der Waals surface area contributed by atoms with Crippen molar-refractivity contribution in [3.8, 4) is 0 Å². The number of rotatable bonds is 5. The predicted octanol–water partition coefficient (Wildman–Crippen LogP) is 2.36. The molecule has 1 fully saturated rings. The molecule has 2 rings (SSSR count). The van der Waals surface area contributed by atoms with Gasteiger partial charge in [0.2, 0.25) is 10.0 Å². The summed E-state index contributed by atoms with van der Waals surface area (Å²) in [5, 5.41) is 9.64. The predicted molar refractivity (Wildman–Crippen MR) is 87.1 cm³/mol. The fourth-order valence-corrected chi connectivity index (χ4v) is 5.57. The van der Waals surface area contributed by atoms with E-state index >= 15 is 0 Å². The SMILES string of the molecule is CSC1CCCC1NS(=O)(=O)c1cc(CO)cc(C)c1C. The van der Waals surface area contributed by atoms with Crippen molar-refractivity contribution < 1.29 is 13.5 Å². The topological polar surface area (TPSA) is 66.4 Å². The minimum absolute atomic E-state index is 0.00230. The molecule has 0 radical (unpaired) electrons. The Morgan fingerprint density at radius 3 is 2.67 bits per heavy atom. The Balaban J connectivity index is 2.33. The monoisotopic (exact) mass is 329 g/mol. The highest BCUT2D eigenvalue weighted by atomic mass is 32.2. The number of hydrogen-bond acceptors (Lipinski definition) is 4. The number of nitrogens with one attached hydrogen (secondary N) is 1. The zero-order valence-electron chi connectivity index (χ0n) is 12.7. The van der Waals surface area contributed by atoms with Gasteiger partial charge in [-0.3, -0.25) is 0 Å². The lowest BCUT2D eigenvalue weighted by Gasteiger charge is -2.20. The molecular formula is C15H23NO3S2. The maximum atomic E-state index is 12.7. The molecule has 0 bridgehead atoms. The normalized spacial score (nSPS) is 22.7. The van der Waals surface area contributed by atoms with Gasteiger partial charge in [0, 0.05) is 11.3 Å². The average Bonchev–Trinajstić information content (AvgIpc) is 2.87. The van der Waals surface area contributed by atoms with Crippen molar-refractivity contribution in [2.45, 2.75) is 55.9 Å². The minimum atomic E-state index is -3.55. The summed E-state index contributed by atoms with van der Waals surface area (Å²) in [6.07, 6.45) is 5.04. The Labute approximate surface area is 131 Å². The van der Waals surface area contributed by atoms with E-state index in [9.17, 15) is 13.5 Å². The molecule has 1 aliphatic carbocycles. The summed E-state index contributed by atoms with van der Waals surface area (Å²) in [6.45, 7) is 3.53. The summed E-state index contributed by atoms with van der Waals surface area (Å²) in [4.78, 5) is 0.290. The van der Waals surface area contributed by atoms with Gasteiger partial charge < -0.3 is 5.11 Å². The van der Waals surface area contributed by atoms with Crippen LogP contribution in [-0.2, 0) is 16.6 Å². The van der Waals surface area contributed by atoms with Gasteiger partial charge in [-0.15, -0.1) is 0 Å². The van der Waals surface area contributed by atoms with E-state index in [1.807, 2.05) is 26.2 Å². The molecular weight excluding hydrogens is 306 g/mol. The van der Waals surface area contributed by atoms with Crippen LogP contribution in [0.1, 0.15) is 36.0 Å². The molecule has 21 heavy (non-hydrogen) atoms. The van der Waals surface area contributed by atoms with E-state index in [0.717, 1.165) is 30.4 Å². The molecule has 1 aromatic carbocycles. The third kappa shape index (κ3) is 3.62. The second kappa shape index (κ2) is 6.69. The lowest BCUT2D eigenvalue weighted by Crippen LogP contribution is -2.38. The smallest absolute Gasteiger partial charge is 0.241 e. The summed E-state index contributed by atoms with van der Waals surface area (Å²) in [6, 6.07) is 3.41. The van der Waals surface area contributed by atoms with Crippen LogP contribution >= 0.6 is 11.8 Å². The number of aliphatic hydroxyl groups is 1. The molecule has 6 heteroatoms. The van der Waals surface area contributed by atoms with Crippen molar-refractivity contribution in [1.82, 2.24) is 4.72 Å². The summed E-state index contributed by atoms with van der Waals surface area (Å²) in [5.41, 5.74) is 2.26. The summed E-state index contributed by atoms with van der Waals surface area (Å²) in [7, 11) is -3.55. The highest BCUT2D eigenvalue weighted by Gasteiger charge is 2.31. The molecule has 2 unspecified atom stereocenters. The maximum absolute atomic E-state index is 12.7. The molecule has 1 aliphatic rings. The van der Waals surface area contributed by atoms with Crippen LogP contribution in [0.2, 0.25) is 0 Å². The van der Waals surface area contributed by atoms with Gasteiger partial charge in [0.1, 0.15) is 0 Å². The van der Waals surface area contributed by atoms with Crippen LogP contribution in [0, 0.1) is 13.8 Å². The summed E-state index contributed by atoms with van der Waals surface area (Å²) in [5.74, 6) is 0. The van der Waals surface area contributed by atoms with E-state index in [1.54, 1.807) is 17.8 Å². The van der Waals surface area contributed by atoms with Crippen molar-refractivity contribution in [3.05, 3.63) is 28.8 Å². The molecule has 1 aromatic rings. The Bertz CT molecular complexity index is 614. The zero-order chi connectivity index (χ0) is 15.6.